The molecule has 1 atom stereocenters. The second kappa shape index (κ2) is 10.8. The fraction of sp³-hybridized carbons (Fsp3) is 0.296. The number of rotatable bonds is 7. The molecule has 1 unspecified atom stereocenters. The quantitative estimate of drug-likeness (QED) is 0.525. The summed E-state index contributed by atoms with van der Waals surface area (Å²) in [6, 6.07) is 19.6. The average molecular weight is 443 g/mol. The van der Waals surface area contributed by atoms with Crippen LogP contribution in [0.4, 0.5) is 0 Å². The van der Waals surface area contributed by atoms with E-state index in [1.54, 1.807) is 6.08 Å². The van der Waals surface area contributed by atoms with Crippen LogP contribution in [0.2, 0.25) is 0 Å². The maximum absolute atomic E-state index is 12.9. The Labute approximate surface area is 194 Å². The summed E-state index contributed by atoms with van der Waals surface area (Å²) >= 11 is 0. The van der Waals surface area contributed by atoms with Crippen LogP contribution in [0.25, 0.3) is 17.3 Å². The number of hydrogen-bond acceptors (Lipinski definition) is 3. The Kier molecular flexibility index (Phi) is 7.35. The van der Waals surface area contributed by atoms with Crippen molar-refractivity contribution in [1.82, 2.24) is 20.2 Å². The number of H-pyrrole nitrogens is 1. The van der Waals surface area contributed by atoms with Gasteiger partial charge in [-0.3, -0.25) is 9.59 Å². The number of carbonyl (C=O) groups excluding carboxylic acids is 2. The number of piperidine rings is 1. The number of aromatic nitrogens is 2. The Balaban J connectivity index is 1.30. The lowest BCUT2D eigenvalue weighted by atomic mass is 9.95. The molecule has 1 saturated heterocycles. The molecule has 0 saturated carbocycles. The van der Waals surface area contributed by atoms with Gasteiger partial charge in [0.25, 0.3) is 0 Å². The van der Waals surface area contributed by atoms with Crippen LogP contribution in [-0.2, 0) is 9.59 Å². The summed E-state index contributed by atoms with van der Waals surface area (Å²) in [4.78, 5) is 35.1. The van der Waals surface area contributed by atoms with Crippen LogP contribution in [0.1, 0.15) is 43.6 Å². The summed E-state index contributed by atoms with van der Waals surface area (Å²) in [5.41, 5.74) is 3.00. The van der Waals surface area contributed by atoms with E-state index in [0.29, 0.717) is 25.9 Å². The molecule has 1 aliphatic rings. The van der Waals surface area contributed by atoms with Crippen molar-refractivity contribution in [1.29, 1.82) is 0 Å². The first kappa shape index (κ1) is 22.5. The number of nitrogens with one attached hydrogen (secondary N) is 2. The van der Waals surface area contributed by atoms with Crippen LogP contribution >= 0.6 is 0 Å². The summed E-state index contributed by atoms with van der Waals surface area (Å²) in [7, 11) is 0. The molecule has 4 rings (SSSR count). The van der Waals surface area contributed by atoms with Crippen molar-refractivity contribution in [2.75, 3.05) is 13.1 Å². The first-order chi connectivity index (χ1) is 16.1. The fourth-order valence-electron chi connectivity index (χ4n) is 4.13. The highest BCUT2D eigenvalue weighted by Crippen LogP contribution is 2.23. The normalized spacial score (nSPS) is 15.5. The second-order valence-electron chi connectivity index (χ2n) is 8.36. The highest BCUT2D eigenvalue weighted by Gasteiger charge is 2.28. The summed E-state index contributed by atoms with van der Waals surface area (Å²) in [5.74, 6) is 0.702. The van der Waals surface area contributed by atoms with E-state index < -0.39 is 0 Å². The Bertz CT molecular complexity index is 1080. The molecule has 2 heterocycles. The molecule has 33 heavy (non-hydrogen) atoms. The zero-order valence-corrected chi connectivity index (χ0v) is 18.9. The number of imidazole rings is 1. The molecule has 2 aromatic carbocycles. The number of hydrogen-bond donors (Lipinski definition) is 2. The molecule has 1 aliphatic heterocycles. The standard InChI is InChI=1S/C27H30N4O2/c1-2-23(26-28-19-24(29-26)21-11-7-4-8-12-21)30-27(33)22-15-17-31(18-16-22)25(32)14-13-20-9-5-3-6-10-20/h3-14,19,22-23H,2,15-18H2,1H3,(H,28,29)(H,30,33)/b14-13+. The summed E-state index contributed by atoms with van der Waals surface area (Å²) in [6.07, 6.45) is 7.34. The minimum absolute atomic E-state index is 0.00632. The molecular weight excluding hydrogens is 412 g/mol. The molecular formula is C27H30N4O2. The smallest absolute Gasteiger partial charge is 0.246 e. The zero-order chi connectivity index (χ0) is 23.0. The molecule has 170 valence electrons. The second-order valence-corrected chi connectivity index (χ2v) is 8.36. The minimum atomic E-state index is -0.163. The van der Waals surface area contributed by atoms with Gasteiger partial charge in [0.15, 0.2) is 0 Å². The van der Waals surface area contributed by atoms with E-state index in [1.165, 1.54) is 0 Å². The minimum Gasteiger partial charge on any atom is -0.346 e. The molecule has 1 fully saturated rings. The topological polar surface area (TPSA) is 78.1 Å². The van der Waals surface area contributed by atoms with Crippen molar-refractivity contribution in [3.8, 4) is 11.3 Å². The summed E-state index contributed by atoms with van der Waals surface area (Å²) in [5, 5.41) is 3.16. The highest BCUT2D eigenvalue weighted by molar-refractivity contribution is 5.92. The molecule has 2 N–H and O–H groups in total. The SMILES string of the molecule is CCC(NC(=O)C1CCN(C(=O)/C=C/c2ccccc2)CC1)c1ncc(-c2ccccc2)[nH]1. The average Bonchev–Trinajstić information content (AvgIpc) is 3.37. The molecule has 2 amide bonds. The molecule has 1 aromatic heterocycles. The highest BCUT2D eigenvalue weighted by atomic mass is 16.2. The van der Waals surface area contributed by atoms with Crippen LogP contribution in [0.3, 0.4) is 0 Å². The third-order valence-electron chi connectivity index (χ3n) is 6.13. The maximum Gasteiger partial charge on any atom is 0.246 e. The summed E-state index contributed by atoms with van der Waals surface area (Å²) < 4.78 is 0. The Morgan fingerprint density at radius 2 is 1.76 bits per heavy atom. The van der Waals surface area contributed by atoms with Gasteiger partial charge >= 0.3 is 0 Å². The van der Waals surface area contributed by atoms with E-state index in [2.05, 4.69) is 15.3 Å². The van der Waals surface area contributed by atoms with Gasteiger partial charge in [0.05, 0.1) is 17.9 Å². The summed E-state index contributed by atoms with van der Waals surface area (Å²) in [6.45, 7) is 3.22. The number of amides is 2. The number of carbonyl (C=O) groups is 2. The van der Waals surface area contributed by atoms with Gasteiger partial charge in [-0.15, -0.1) is 0 Å². The van der Waals surface area contributed by atoms with Crippen LogP contribution in [0.15, 0.2) is 72.9 Å². The van der Waals surface area contributed by atoms with E-state index in [0.717, 1.165) is 29.1 Å². The Hall–Kier alpha value is -3.67. The van der Waals surface area contributed by atoms with E-state index in [9.17, 15) is 9.59 Å². The maximum atomic E-state index is 12.9. The van der Waals surface area contributed by atoms with Gasteiger partial charge in [0.2, 0.25) is 11.8 Å². The van der Waals surface area contributed by atoms with Crippen LogP contribution in [0, 0.1) is 5.92 Å². The Morgan fingerprint density at radius 1 is 1.09 bits per heavy atom. The van der Waals surface area contributed by atoms with Crippen molar-refractivity contribution >= 4 is 17.9 Å². The van der Waals surface area contributed by atoms with Gasteiger partial charge in [-0.2, -0.15) is 0 Å². The van der Waals surface area contributed by atoms with Crippen molar-refractivity contribution < 1.29 is 9.59 Å². The number of aromatic amines is 1. The van der Waals surface area contributed by atoms with E-state index >= 15 is 0 Å². The lowest BCUT2D eigenvalue weighted by molar-refractivity contribution is -0.132. The van der Waals surface area contributed by atoms with Gasteiger partial charge in [-0.25, -0.2) is 4.98 Å². The predicted octanol–water partition coefficient (Wildman–Crippen LogP) is 4.60. The van der Waals surface area contributed by atoms with Crippen molar-refractivity contribution in [2.24, 2.45) is 5.92 Å². The van der Waals surface area contributed by atoms with E-state index in [4.69, 9.17) is 0 Å². The molecule has 0 spiro atoms. The first-order valence-corrected chi connectivity index (χ1v) is 11.6. The van der Waals surface area contributed by atoms with Crippen LogP contribution in [0.5, 0.6) is 0 Å². The molecule has 0 radical (unpaired) electrons. The zero-order valence-electron chi connectivity index (χ0n) is 18.9. The monoisotopic (exact) mass is 442 g/mol. The molecule has 0 bridgehead atoms. The van der Waals surface area contributed by atoms with Gasteiger partial charge in [-0.1, -0.05) is 67.6 Å². The van der Waals surface area contributed by atoms with Gasteiger partial charge in [0.1, 0.15) is 5.82 Å². The van der Waals surface area contributed by atoms with Gasteiger partial charge in [0, 0.05) is 25.1 Å². The third kappa shape index (κ3) is 5.77. The lowest BCUT2D eigenvalue weighted by Gasteiger charge is -2.31. The van der Waals surface area contributed by atoms with Crippen LogP contribution < -0.4 is 5.32 Å². The van der Waals surface area contributed by atoms with Crippen molar-refractivity contribution in [3.05, 3.63) is 84.3 Å². The van der Waals surface area contributed by atoms with Gasteiger partial charge < -0.3 is 15.2 Å². The van der Waals surface area contributed by atoms with Gasteiger partial charge in [-0.05, 0) is 36.5 Å². The number of benzene rings is 2. The van der Waals surface area contributed by atoms with E-state index in [-0.39, 0.29) is 23.8 Å². The number of nitrogens with zero attached hydrogens (tertiary/aromatic N) is 2. The molecule has 6 heteroatoms. The van der Waals surface area contributed by atoms with Crippen LogP contribution in [-0.4, -0.2) is 39.8 Å². The number of likely N-dealkylation sites (tertiary alicyclic amines) is 1. The first-order valence-electron chi connectivity index (χ1n) is 11.6. The van der Waals surface area contributed by atoms with Crippen molar-refractivity contribution in [2.45, 2.75) is 32.2 Å². The van der Waals surface area contributed by atoms with E-state index in [1.807, 2.05) is 84.8 Å². The van der Waals surface area contributed by atoms with Crippen molar-refractivity contribution in [3.63, 3.8) is 0 Å². The lowest BCUT2D eigenvalue weighted by Crippen LogP contribution is -2.43. The Morgan fingerprint density at radius 3 is 2.42 bits per heavy atom. The fourth-order valence-corrected chi connectivity index (χ4v) is 4.13. The predicted molar refractivity (Wildman–Crippen MR) is 130 cm³/mol. The molecule has 3 aromatic rings. The third-order valence-corrected chi connectivity index (χ3v) is 6.13. The molecule has 6 nitrogen and oxygen atoms in total. The molecule has 0 aliphatic carbocycles. The largest absolute Gasteiger partial charge is 0.346 e.